The topological polar surface area (TPSA) is 57.6 Å². The van der Waals surface area contributed by atoms with Gasteiger partial charge in [0.05, 0.1) is 22.3 Å². The van der Waals surface area contributed by atoms with Crippen LogP contribution in [0.15, 0.2) is 47.7 Å². The van der Waals surface area contributed by atoms with Crippen LogP contribution in [0.5, 0.6) is 0 Å². The highest BCUT2D eigenvalue weighted by Gasteiger charge is 2.25. The Bertz CT molecular complexity index is 734. The second-order valence-corrected chi connectivity index (χ2v) is 5.41. The minimum atomic E-state index is -0.135. The summed E-state index contributed by atoms with van der Waals surface area (Å²) in [7, 11) is 0. The van der Waals surface area contributed by atoms with Gasteiger partial charge in [0.2, 0.25) is 5.96 Å². The Kier molecular flexibility index (Phi) is 4.27. The molecule has 5 nitrogen and oxygen atoms in total. The van der Waals surface area contributed by atoms with Crippen LogP contribution < -0.4 is 5.32 Å². The summed E-state index contributed by atoms with van der Waals surface area (Å²) in [6, 6.07) is 8.60. The van der Waals surface area contributed by atoms with Crippen LogP contribution >= 0.6 is 23.2 Å². The van der Waals surface area contributed by atoms with Crippen LogP contribution in [-0.2, 0) is 0 Å². The number of rotatable bonds is 2. The highest BCUT2D eigenvalue weighted by atomic mass is 35.5. The van der Waals surface area contributed by atoms with E-state index in [1.54, 1.807) is 47.6 Å². The summed E-state index contributed by atoms with van der Waals surface area (Å²) in [5, 5.41) is 3.91. The van der Waals surface area contributed by atoms with E-state index in [1.165, 1.54) is 0 Å². The number of halogens is 2. The van der Waals surface area contributed by atoms with Crippen molar-refractivity contribution in [2.75, 3.05) is 18.4 Å². The van der Waals surface area contributed by atoms with Gasteiger partial charge < -0.3 is 5.32 Å². The summed E-state index contributed by atoms with van der Waals surface area (Å²) in [6.45, 7) is 1.05. The van der Waals surface area contributed by atoms with Gasteiger partial charge in [-0.3, -0.25) is 19.7 Å². The van der Waals surface area contributed by atoms with Crippen LogP contribution in [0.3, 0.4) is 0 Å². The molecule has 2 aromatic rings. The maximum atomic E-state index is 12.5. The molecule has 0 unspecified atom stereocenters. The second kappa shape index (κ2) is 6.34. The summed E-state index contributed by atoms with van der Waals surface area (Å²) in [5.41, 5.74) is 1.17. The summed E-state index contributed by atoms with van der Waals surface area (Å²) >= 11 is 12.1. The summed E-state index contributed by atoms with van der Waals surface area (Å²) in [4.78, 5) is 22.3. The smallest absolute Gasteiger partial charge is 0.260 e. The maximum Gasteiger partial charge on any atom is 0.260 e. The lowest BCUT2D eigenvalue weighted by Gasteiger charge is -2.20. The Labute approximate surface area is 137 Å². The molecule has 0 radical (unpaired) electrons. The molecular formula is C15H12Cl2N4O. The van der Waals surface area contributed by atoms with E-state index in [0.29, 0.717) is 40.3 Å². The molecule has 1 aromatic heterocycles. The van der Waals surface area contributed by atoms with Crippen molar-refractivity contribution in [1.29, 1.82) is 0 Å². The first-order valence-electron chi connectivity index (χ1n) is 6.64. The SMILES string of the molecule is O=C(c1ccncc1)N1CCN=C1Nc1cccc(Cl)c1Cl. The average molecular weight is 335 g/mol. The zero-order chi connectivity index (χ0) is 15.5. The maximum absolute atomic E-state index is 12.5. The first-order chi connectivity index (χ1) is 10.7. The zero-order valence-electron chi connectivity index (χ0n) is 11.5. The van der Waals surface area contributed by atoms with Gasteiger partial charge in [-0.15, -0.1) is 0 Å². The van der Waals surface area contributed by atoms with Crippen molar-refractivity contribution < 1.29 is 4.79 Å². The van der Waals surface area contributed by atoms with Gasteiger partial charge in [-0.2, -0.15) is 0 Å². The van der Waals surface area contributed by atoms with Crippen molar-refractivity contribution in [3.05, 3.63) is 58.3 Å². The molecule has 7 heteroatoms. The van der Waals surface area contributed by atoms with Gasteiger partial charge in [0, 0.05) is 24.5 Å². The third-order valence-corrected chi connectivity index (χ3v) is 4.03. The van der Waals surface area contributed by atoms with Crippen molar-refractivity contribution in [2.24, 2.45) is 4.99 Å². The molecule has 22 heavy (non-hydrogen) atoms. The number of nitrogens with one attached hydrogen (secondary N) is 1. The number of anilines is 1. The van der Waals surface area contributed by atoms with Gasteiger partial charge in [0.1, 0.15) is 0 Å². The predicted molar refractivity (Wildman–Crippen MR) is 87.7 cm³/mol. The largest absolute Gasteiger partial charge is 0.324 e. The molecule has 112 valence electrons. The van der Waals surface area contributed by atoms with Gasteiger partial charge in [-0.1, -0.05) is 29.3 Å². The molecule has 0 spiro atoms. The number of aromatic nitrogens is 1. The first-order valence-corrected chi connectivity index (χ1v) is 7.40. The van der Waals surface area contributed by atoms with Crippen LogP contribution in [0.1, 0.15) is 10.4 Å². The molecule has 1 amide bonds. The number of benzene rings is 1. The molecule has 2 heterocycles. The minimum Gasteiger partial charge on any atom is -0.324 e. The van der Waals surface area contributed by atoms with E-state index >= 15 is 0 Å². The average Bonchev–Trinajstić information content (AvgIpc) is 3.00. The molecule has 1 N–H and O–H groups in total. The number of aliphatic imine (C=N–C) groups is 1. The number of nitrogens with zero attached hydrogens (tertiary/aromatic N) is 3. The predicted octanol–water partition coefficient (Wildman–Crippen LogP) is 3.31. The van der Waals surface area contributed by atoms with Crippen molar-refractivity contribution in [3.63, 3.8) is 0 Å². The fraction of sp³-hybridized carbons (Fsp3) is 0.133. The van der Waals surface area contributed by atoms with E-state index in [4.69, 9.17) is 23.2 Å². The molecular weight excluding hydrogens is 323 g/mol. The van der Waals surface area contributed by atoms with E-state index in [1.807, 2.05) is 0 Å². The third-order valence-electron chi connectivity index (χ3n) is 3.21. The molecule has 0 atom stereocenters. The molecule has 1 aliphatic rings. The highest BCUT2D eigenvalue weighted by Crippen LogP contribution is 2.30. The molecule has 1 aromatic carbocycles. The van der Waals surface area contributed by atoms with Crippen LogP contribution in [0.25, 0.3) is 0 Å². The number of carbonyl (C=O) groups excluding carboxylic acids is 1. The van der Waals surface area contributed by atoms with Gasteiger partial charge in [0.15, 0.2) is 0 Å². The molecule has 0 saturated carbocycles. The number of hydrogen-bond acceptors (Lipinski definition) is 4. The normalized spacial score (nSPS) is 13.9. The summed E-state index contributed by atoms with van der Waals surface area (Å²) in [6.07, 6.45) is 3.17. The van der Waals surface area contributed by atoms with Crippen LogP contribution in [0.2, 0.25) is 10.0 Å². The van der Waals surface area contributed by atoms with Crippen LogP contribution in [-0.4, -0.2) is 34.8 Å². The monoisotopic (exact) mass is 334 g/mol. The lowest BCUT2D eigenvalue weighted by atomic mass is 10.2. The lowest BCUT2D eigenvalue weighted by molar-refractivity contribution is 0.0857. The number of amides is 1. The Balaban J connectivity index is 1.82. The van der Waals surface area contributed by atoms with Crippen LogP contribution in [0.4, 0.5) is 5.69 Å². The van der Waals surface area contributed by atoms with Gasteiger partial charge in [0.25, 0.3) is 5.91 Å². The Hall–Kier alpha value is -2.11. The third kappa shape index (κ3) is 2.91. The number of guanidine groups is 1. The summed E-state index contributed by atoms with van der Waals surface area (Å²) < 4.78 is 0. The molecule has 0 fully saturated rings. The molecule has 1 aliphatic heterocycles. The van der Waals surface area contributed by atoms with Gasteiger partial charge in [-0.25, -0.2) is 0 Å². The van der Waals surface area contributed by atoms with Crippen molar-refractivity contribution in [1.82, 2.24) is 9.88 Å². The highest BCUT2D eigenvalue weighted by molar-refractivity contribution is 6.44. The van der Waals surface area contributed by atoms with Crippen LogP contribution in [0, 0.1) is 0 Å². The quantitative estimate of drug-likeness (QED) is 0.916. The number of carbonyl (C=O) groups is 1. The van der Waals surface area contributed by atoms with E-state index in [2.05, 4.69) is 15.3 Å². The van der Waals surface area contributed by atoms with E-state index in [9.17, 15) is 4.79 Å². The molecule has 0 saturated heterocycles. The van der Waals surface area contributed by atoms with Crippen molar-refractivity contribution in [3.8, 4) is 0 Å². The zero-order valence-corrected chi connectivity index (χ0v) is 13.0. The Morgan fingerprint density at radius 2 is 1.95 bits per heavy atom. The van der Waals surface area contributed by atoms with Gasteiger partial charge >= 0.3 is 0 Å². The van der Waals surface area contributed by atoms with E-state index in [0.717, 1.165) is 0 Å². The number of hydrogen-bond donors (Lipinski definition) is 1. The van der Waals surface area contributed by atoms with Crippen molar-refractivity contribution in [2.45, 2.75) is 0 Å². The van der Waals surface area contributed by atoms with E-state index in [-0.39, 0.29) is 5.91 Å². The molecule has 3 rings (SSSR count). The Morgan fingerprint density at radius 3 is 2.73 bits per heavy atom. The van der Waals surface area contributed by atoms with E-state index < -0.39 is 0 Å². The fourth-order valence-corrected chi connectivity index (χ4v) is 2.47. The Morgan fingerprint density at radius 1 is 1.18 bits per heavy atom. The number of pyridine rings is 1. The molecule has 0 aliphatic carbocycles. The van der Waals surface area contributed by atoms with Gasteiger partial charge in [-0.05, 0) is 24.3 Å². The first kappa shape index (κ1) is 14.8. The fourth-order valence-electron chi connectivity index (χ4n) is 2.12. The molecule has 0 bridgehead atoms. The summed E-state index contributed by atoms with van der Waals surface area (Å²) in [5.74, 6) is 0.329. The minimum absolute atomic E-state index is 0.135. The van der Waals surface area contributed by atoms with Crippen molar-refractivity contribution >= 4 is 40.8 Å². The lowest BCUT2D eigenvalue weighted by Crippen LogP contribution is -2.38. The standard InChI is InChI=1S/C15H12Cl2N4O/c16-11-2-1-3-12(13(11)17)20-15-19-8-9-21(15)14(22)10-4-6-18-7-5-10/h1-7H,8-9H2,(H,19,20). The second-order valence-electron chi connectivity index (χ2n) is 4.62.